The van der Waals surface area contributed by atoms with E-state index in [1.54, 1.807) is 5.48 Å². The van der Waals surface area contributed by atoms with Crippen molar-refractivity contribution in [3.05, 3.63) is 0 Å². The van der Waals surface area contributed by atoms with Crippen molar-refractivity contribution in [1.82, 2.24) is 5.48 Å². The van der Waals surface area contributed by atoms with Gasteiger partial charge >= 0.3 is 29.6 Å². The van der Waals surface area contributed by atoms with Gasteiger partial charge in [0.2, 0.25) is 5.91 Å². The van der Waals surface area contributed by atoms with Gasteiger partial charge < -0.3 is 14.7 Å². The Hall–Kier alpha value is -0.260. The molecule has 0 fully saturated rings. The first-order chi connectivity index (χ1) is 8.66. The van der Waals surface area contributed by atoms with Gasteiger partial charge in [0.05, 0.1) is 0 Å². The van der Waals surface area contributed by atoms with Gasteiger partial charge in [-0.05, 0) is 6.42 Å². The first-order valence-electron chi connectivity index (χ1n) is 6.83. The number of hydrogen-bond acceptors (Lipinski definition) is 4. The summed E-state index contributed by atoms with van der Waals surface area (Å²) in [6.07, 6.45) is 9.11. The molecule has 19 heavy (non-hydrogen) atoms. The molecule has 5 nitrogen and oxygen atoms in total. The number of carbonyl (C=O) groups is 2. The summed E-state index contributed by atoms with van der Waals surface area (Å²) < 4.78 is 0. The molecule has 0 unspecified atom stereocenters. The van der Waals surface area contributed by atoms with Crippen molar-refractivity contribution in [2.24, 2.45) is 0 Å². The first-order valence-corrected chi connectivity index (χ1v) is 6.83. The van der Waals surface area contributed by atoms with Crippen molar-refractivity contribution in [3.8, 4) is 0 Å². The fourth-order valence-electron chi connectivity index (χ4n) is 1.75. The molecule has 0 aromatic heterocycles. The van der Waals surface area contributed by atoms with Crippen LogP contribution < -0.4 is 40.1 Å². The smallest absolute Gasteiger partial charge is 0.441 e. The number of hydrogen-bond donors (Lipinski definition) is 1. The molecule has 0 aliphatic carbocycles. The van der Waals surface area contributed by atoms with Crippen LogP contribution in [0.25, 0.3) is 0 Å². The van der Waals surface area contributed by atoms with E-state index < -0.39 is 12.1 Å². The summed E-state index contributed by atoms with van der Waals surface area (Å²) in [4.78, 5) is 24.7. The second-order valence-electron chi connectivity index (χ2n) is 4.46. The number of nitrogens with one attached hydrogen (secondary N) is 1. The van der Waals surface area contributed by atoms with Crippen LogP contribution in [-0.2, 0) is 9.63 Å². The summed E-state index contributed by atoms with van der Waals surface area (Å²) >= 11 is 0. The van der Waals surface area contributed by atoms with E-state index in [1.165, 1.54) is 38.5 Å². The van der Waals surface area contributed by atoms with Crippen molar-refractivity contribution in [2.45, 2.75) is 71.1 Å². The van der Waals surface area contributed by atoms with Gasteiger partial charge in [-0.1, -0.05) is 58.3 Å². The second kappa shape index (κ2) is 15.8. The normalized spacial score (nSPS) is 9.53. The SMILES string of the molecule is CCCCCCCCCCCC(=O)NOC(=O)[O-].[Na+]. The molecule has 0 saturated carbocycles. The second-order valence-corrected chi connectivity index (χ2v) is 4.46. The van der Waals surface area contributed by atoms with Gasteiger partial charge in [0.25, 0.3) is 6.16 Å². The molecule has 0 aliphatic rings. The molecule has 0 heterocycles. The van der Waals surface area contributed by atoms with Crippen molar-refractivity contribution in [1.29, 1.82) is 0 Å². The van der Waals surface area contributed by atoms with Crippen LogP contribution in [-0.4, -0.2) is 12.1 Å². The Labute approximate surface area is 137 Å². The number of hydroxylamine groups is 1. The molecule has 1 amide bonds. The minimum Gasteiger partial charge on any atom is -0.441 e. The van der Waals surface area contributed by atoms with E-state index in [-0.39, 0.29) is 29.6 Å². The maximum Gasteiger partial charge on any atom is 1.00 e. The minimum atomic E-state index is -1.74. The number of carboxylic acid groups (broad SMARTS) is 1. The Morgan fingerprint density at radius 1 is 0.947 bits per heavy atom. The fraction of sp³-hybridized carbons (Fsp3) is 0.846. The molecule has 6 heteroatoms. The van der Waals surface area contributed by atoms with Gasteiger partial charge in [0.1, 0.15) is 0 Å². The Morgan fingerprint density at radius 3 is 1.89 bits per heavy atom. The van der Waals surface area contributed by atoms with Gasteiger partial charge in [-0.25, -0.2) is 0 Å². The Bertz CT molecular complexity index is 237. The summed E-state index contributed by atoms with van der Waals surface area (Å²) in [5.41, 5.74) is 1.81. The standard InChI is InChI=1S/C13H25NO4.Na/c1-2-3-4-5-6-7-8-9-10-11-12(15)14-18-13(16)17;/h2-11H2,1H3,(H,14,15)(H,16,17);/q;+1/p-1. The zero-order chi connectivity index (χ0) is 13.6. The number of rotatable bonds is 10. The molecule has 0 aromatic carbocycles. The summed E-state index contributed by atoms with van der Waals surface area (Å²) in [5, 5.41) is 9.88. The third-order valence-corrected chi connectivity index (χ3v) is 2.76. The molecule has 0 radical (unpaired) electrons. The van der Waals surface area contributed by atoms with Crippen LogP contribution in [0.2, 0.25) is 0 Å². The van der Waals surface area contributed by atoms with Crippen molar-refractivity contribution < 1.29 is 49.1 Å². The number of carbonyl (C=O) groups excluding carboxylic acids is 2. The van der Waals surface area contributed by atoms with Gasteiger partial charge in [-0.15, -0.1) is 0 Å². The Kier molecular flexibility index (Phi) is 17.5. The topological polar surface area (TPSA) is 78.5 Å². The summed E-state index contributed by atoms with van der Waals surface area (Å²) in [5.74, 6) is -0.415. The van der Waals surface area contributed by atoms with Crippen LogP contribution in [0.1, 0.15) is 71.1 Å². The minimum absolute atomic E-state index is 0. The van der Waals surface area contributed by atoms with E-state index in [2.05, 4.69) is 11.8 Å². The molecule has 0 aliphatic heterocycles. The van der Waals surface area contributed by atoms with E-state index in [9.17, 15) is 14.7 Å². The monoisotopic (exact) mass is 281 g/mol. The predicted octanol–water partition coefficient (Wildman–Crippen LogP) is -0.698. The van der Waals surface area contributed by atoms with Gasteiger partial charge in [0, 0.05) is 6.42 Å². The summed E-state index contributed by atoms with van der Waals surface area (Å²) in [6, 6.07) is 0. The van der Waals surface area contributed by atoms with Crippen LogP contribution >= 0.6 is 0 Å². The summed E-state index contributed by atoms with van der Waals surface area (Å²) in [6.45, 7) is 2.20. The molecule has 0 atom stereocenters. The molecule has 0 saturated heterocycles. The Morgan fingerprint density at radius 2 is 1.42 bits per heavy atom. The third kappa shape index (κ3) is 17.7. The quantitative estimate of drug-likeness (QED) is 0.326. The van der Waals surface area contributed by atoms with E-state index in [1.807, 2.05) is 0 Å². The molecule has 0 bridgehead atoms. The molecular formula is C13H24NNaO4. The molecule has 1 N–H and O–H groups in total. The molecule has 0 rings (SSSR count). The number of unbranched alkanes of at least 4 members (excludes halogenated alkanes) is 8. The molecular weight excluding hydrogens is 257 g/mol. The van der Waals surface area contributed by atoms with Crippen molar-refractivity contribution >= 4 is 12.1 Å². The van der Waals surface area contributed by atoms with E-state index in [0.29, 0.717) is 6.42 Å². The van der Waals surface area contributed by atoms with E-state index >= 15 is 0 Å². The number of amides is 1. The molecule has 0 aromatic rings. The van der Waals surface area contributed by atoms with Gasteiger partial charge in [-0.2, -0.15) is 0 Å². The zero-order valence-electron chi connectivity index (χ0n) is 12.2. The van der Waals surface area contributed by atoms with Crippen molar-refractivity contribution in [2.75, 3.05) is 0 Å². The van der Waals surface area contributed by atoms with Crippen LogP contribution in [0.4, 0.5) is 4.79 Å². The van der Waals surface area contributed by atoms with Crippen LogP contribution in [0.5, 0.6) is 0 Å². The van der Waals surface area contributed by atoms with E-state index in [4.69, 9.17) is 0 Å². The average molecular weight is 281 g/mol. The van der Waals surface area contributed by atoms with Crippen LogP contribution in [0.3, 0.4) is 0 Å². The average Bonchev–Trinajstić information content (AvgIpc) is 2.34. The third-order valence-electron chi connectivity index (χ3n) is 2.76. The largest absolute Gasteiger partial charge is 1.00 e. The van der Waals surface area contributed by atoms with Crippen molar-refractivity contribution in [3.63, 3.8) is 0 Å². The first kappa shape index (κ1) is 21.0. The molecule has 0 spiro atoms. The zero-order valence-corrected chi connectivity index (χ0v) is 14.2. The maximum atomic E-state index is 11.0. The Balaban J connectivity index is 0. The predicted molar refractivity (Wildman–Crippen MR) is 66.5 cm³/mol. The van der Waals surface area contributed by atoms with Gasteiger partial charge in [0.15, 0.2) is 0 Å². The molecule has 106 valence electrons. The fourth-order valence-corrected chi connectivity index (χ4v) is 1.75. The van der Waals surface area contributed by atoms with Gasteiger partial charge in [-0.3, -0.25) is 10.3 Å². The maximum absolute atomic E-state index is 11.0. The summed E-state index contributed by atoms with van der Waals surface area (Å²) in [7, 11) is 0. The van der Waals surface area contributed by atoms with E-state index in [0.717, 1.165) is 19.3 Å². The van der Waals surface area contributed by atoms with Crippen LogP contribution in [0.15, 0.2) is 0 Å². The van der Waals surface area contributed by atoms with Crippen LogP contribution in [0, 0.1) is 0 Å².